The van der Waals surface area contributed by atoms with Crippen LogP contribution in [0.2, 0.25) is 5.02 Å². The molecule has 0 saturated heterocycles. The topological polar surface area (TPSA) is 22.1 Å². The van der Waals surface area contributed by atoms with E-state index in [0.717, 1.165) is 33.8 Å². The fourth-order valence-corrected chi connectivity index (χ4v) is 1.80. The number of benzene rings is 1. The summed E-state index contributed by atoms with van der Waals surface area (Å²) < 4.78 is 5.15. The number of aromatic nitrogens is 1. The van der Waals surface area contributed by atoms with Crippen LogP contribution in [0.15, 0.2) is 24.3 Å². The van der Waals surface area contributed by atoms with E-state index in [-0.39, 0.29) is 0 Å². The second-order valence-corrected chi connectivity index (χ2v) is 3.74. The highest BCUT2D eigenvalue weighted by atomic mass is 35.5. The van der Waals surface area contributed by atoms with E-state index >= 15 is 0 Å². The van der Waals surface area contributed by atoms with Crippen LogP contribution in [0.4, 0.5) is 0 Å². The van der Waals surface area contributed by atoms with Gasteiger partial charge in [0.05, 0.1) is 17.6 Å². The van der Waals surface area contributed by atoms with Crippen molar-refractivity contribution in [2.24, 2.45) is 0 Å². The van der Waals surface area contributed by atoms with Gasteiger partial charge in [0, 0.05) is 11.1 Å². The van der Waals surface area contributed by atoms with Crippen molar-refractivity contribution in [1.82, 2.24) is 4.98 Å². The summed E-state index contributed by atoms with van der Waals surface area (Å²) in [6.07, 6.45) is 0.891. The van der Waals surface area contributed by atoms with Gasteiger partial charge in [-0.05, 0) is 30.7 Å². The van der Waals surface area contributed by atoms with Crippen LogP contribution in [0.3, 0.4) is 0 Å². The zero-order valence-corrected chi connectivity index (χ0v) is 9.51. The van der Waals surface area contributed by atoms with Crippen molar-refractivity contribution in [1.29, 1.82) is 0 Å². The molecule has 1 aromatic heterocycles. The first-order valence-corrected chi connectivity index (χ1v) is 5.25. The zero-order chi connectivity index (χ0) is 10.8. The van der Waals surface area contributed by atoms with Crippen molar-refractivity contribution in [2.45, 2.75) is 13.3 Å². The lowest BCUT2D eigenvalue weighted by Gasteiger charge is -2.05. The molecule has 3 heteroatoms. The Morgan fingerprint density at radius 2 is 2.13 bits per heavy atom. The maximum atomic E-state index is 6.17. The number of hydrogen-bond acceptors (Lipinski definition) is 2. The van der Waals surface area contributed by atoms with Crippen LogP contribution in [-0.4, -0.2) is 12.1 Å². The molecule has 2 nitrogen and oxygen atoms in total. The number of nitrogens with zero attached hydrogens (tertiary/aromatic N) is 1. The zero-order valence-electron chi connectivity index (χ0n) is 8.75. The highest BCUT2D eigenvalue weighted by molar-refractivity contribution is 6.35. The Kier molecular flexibility index (Phi) is 2.78. The van der Waals surface area contributed by atoms with Gasteiger partial charge >= 0.3 is 0 Å². The monoisotopic (exact) mass is 221 g/mol. The Bertz CT molecular complexity index is 496. The number of pyridine rings is 1. The molecule has 0 bridgehead atoms. The summed E-state index contributed by atoms with van der Waals surface area (Å²) in [5.74, 6) is 0.801. The van der Waals surface area contributed by atoms with Crippen LogP contribution in [0, 0.1) is 0 Å². The molecule has 0 saturated carbocycles. The molecule has 1 heterocycles. The van der Waals surface area contributed by atoms with E-state index in [1.165, 1.54) is 0 Å². The van der Waals surface area contributed by atoms with Gasteiger partial charge in [0.2, 0.25) is 0 Å². The molecule has 0 N–H and O–H groups in total. The van der Waals surface area contributed by atoms with E-state index in [4.69, 9.17) is 16.3 Å². The summed E-state index contributed by atoms with van der Waals surface area (Å²) in [4.78, 5) is 4.49. The van der Waals surface area contributed by atoms with Gasteiger partial charge in [-0.2, -0.15) is 0 Å². The first-order chi connectivity index (χ1) is 7.24. The number of aryl methyl sites for hydroxylation is 1. The smallest absolute Gasteiger partial charge is 0.119 e. The average Bonchev–Trinajstić information content (AvgIpc) is 2.28. The number of hydrogen-bond donors (Lipinski definition) is 0. The third kappa shape index (κ3) is 1.90. The molecule has 0 atom stereocenters. The Morgan fingerprint density at radius 1 is 1.33 bits per heavy atom. The Morgan fingerprint density at radius 3 is 2.80 bits per heavy atom. The SMILES string of the molecule is CCc1cc(Cl)c2cc(OC)ccc2n1. The van der Waals surface area contributed by atoms with E-state index in [0.29, 0.717) is 0 Å². The van der Waals surface area contributed by atoms with Gasteiger partial charge in [-0.3, -0.25) is 4.98 Å². The Labute approximate surface area is 93.8 Å². The van der Waals surface area contributed by atoms with Gasteiger partial charge in [0.1, 0.15) is 5.75 Å². The fraction of sp³-hybridized carbons (Fsp3) is 0.250. The largest absolute Gasteiger partial charge is 0.497 e. The first kappa shape index (κ1) is 10.2. The summed E-state index contributed by atoms with van der Waals surface area (Å²) >= 11 is 6.17. The van der Waals surface area contributed by atoms with E-state index in [9.17, 15) is 0 Å². The molecule has 2 rings (SSSR count). The summed E-state index contributed by atoms with van der Waals surface area (Å²) in [7, 11) is 1.64. The van der Waals surface area contributed by atoms with Crippen LogP contribution in [-0.2, 0) is 6.42 Å². The number of ether oxygens (including phenoxy) is 1. The van der Waals surface area contributed by atoms with Crippen LogP contribution in [0.5, 0.6) is 5.75 Å². The van der Waals surface area contributed by atoms with Crippen molar-refractivity contribution in [3.05, 3.63) is 35.0 Å². The molecular formula is C12H12ClNO. The summed E-state index contributed by atoms with van der Waals surface area (Å²) in [6, 6.07) is 7.64. The second-order valence-electron chi connectivity index (χ2n) is 3.33. The maximum Gasteiger partial charge on any atom is 0.119 e. The molecule has 0 unspecified atom stereocenters. The Balaban J connectivity index is 2.68. The molecule has 0 amide bonds. The van der Waals surface area contributed by atoms with Gasteiger partial charge in [-0.15, -0.1) is 0 Å². The second kappa shape index (κ2) is 4.07. The van der Waals surface area contributed by atoms with Gasteiger partial charge in [-0.1, -0.05) is 18.5 Å². The molecule has 1 aromatic carbocycles. The molecule has 0 aliphatic heterocycles. The fourth-order valence-electron chi connectivity index (χ4n) is 1.52. The van der Waals surface area contributed by atoms with Gasteiger partial charge in [0.15, 0.2) is 0 Å². The molecule has 0 radical (unpaired) electrons. The number of halogens is 1. The Hall–Kier alpha value is -1.28. The summed E-state index contributed by atoms with van der Waals surface area (Å²) in [6.45, 7) is 2.06. The van der Waals surface area contributed by atoms with E-state index in [2.05, 4.69) is 11.9 Å². The lowest BCUT2D eigenvalue weighted by atomic mass is 10.2. The van der Waals surface area contributed by atoms with Gasteiger partial charge < -0.3 is 4.74 Å². The van der Waals surface area contributed by atoms with E-state index < -0.39 is 0 Å². The van der Waals surface area contributed by atoms with Crippen molar-refractivity contribution in [3.63, 3.8) is 0 Å². The van der Waals surface area contributed by atoms with Gasteiger partial charge in [-0.25, -0.2) is 0 Å². The van der Waals surface area contributed by atoms with Gasteiger partial charge in [0.25, 0.3) is 0 Å². The molecule has 0 fully saturated rings. The molecule has 78 valence electrons. The summed E-state index contributed by atoms with van der Waals surface area (Å²) in [5.41, 5.74) is 1.93. The van der Waals surface area contributed by atoms with E-state index in [1.807, 2.05) is 24.3 Å². The van der Waals surface area contributed by atoms with Crippen LogP contribution >= 0.6 is 11.6 Å². The van der Waals surface area contributed by atoms with Crippen molar-refractivity contribution < 1.29 is 4.74 Å². The van der Waals surface area contributed by atoms with Crippen LogP contribution < -0.4 is 4.74 Å². The average molecular weight is 222 g/mol. The molecule has 0 aliphatic rings. The highest BCUT2D eigenvalue weighted by Crippen LogP contribution is 2.26. The van der Waals surface area contributed by atoms with Crippen LogP contribution in [0.25, 0.3) is 10.9 Å². The van der Waals surface area contributed by atoms with Crippen LogP contribution in [0.1, 0.15) is 12.6 Å². The quantitative estimate of drug-likeness (QED) is 0.775. The molecule has 0 spiro atoms. The minimum Gasteiger partial charge on any atom is -0.497 e. The maximum absolute atomic E-state index is 6.17. The minimum atomic E-state index is 0.732. The summed E-state index contributed by atoms with van der Waals surface area (Å²) in [5, 5.41) is 1.67. The molecule has 15 heavy (non-hydrogen) atoms. The normalized spacial score (nSPS) is 10.6. The third-order valence-corrected chi connectivity index (χ3v) is 2.69. The number of fused-ring (bicyclic) bond motifs is 1. The molecule has 0 aliphatic carbocycles. The van der Waals surface area contributed by atoms with Crippen molar-refractivity contribution in [3.8, 4) is 5.75 Å². The van der Waals surface area contributed by atoms with Crippen molar-refractivity contribution >= 4 is 22.5 Å². The number of rotatable bonds is 2. The minimum absolute atomic E-state index is 0.732. The van der Waals surface area contributed by atoms with E-state index in [1.54, 1.807) is 7.11 Å². The lowest BCUT2D eigenvalue weighted by molar-refractivity contribution is 0.415. The molecule has 2 aromatic rings. The third-order valence-electron chi connectivity index (χ3n) is 2.38. The predicted molar refractivity (Wildman–Crippen MR) is 62.7 cm³/mol. The first-order valence-electron chi connectivity index (χ1n) is 4.87. The highest BCUT2D eigenvalue weighted by Gasteiger charge is 2.04. The predicted octanol–water partition coefficient (Wildman–Crippen LogP) is 3.46. The van der Waals surface area contributed by atoms with Crippen molar-refractivity contribution in [2.75, 3.05) is 7.11 Å². The lowest BCUT2D eigenvalue weighted by Crippen LogP contribution is -1.90. The molecular weight excluding hydrogens is 210 g/mol. The standard InChI is InChI=1S/C12H12ClNO/c1-3-8-6-11(13)10-7-9(15-2)4-5-12(10)14-8/h4-7H,3H2,1-2H3. The number of methoxy groups -OCH3 is 1.